The zero-order valence-electron chi connectivity index (χ0n) is 10.3. The molecule has 0 aliphatic heterocycles. The van der Waals surface area contributed by atoms with Gasteiger partial charge in [-0.25, -0.2) is 9.78 Å². The number of aryl methyl sites for hydroxylation is 1. The summed E-state index contributed by atoms with van der Waals surface area (Å²) in [5, 5.41) is 0. The van der Waals surface area contributed by atoms with Gasteiger partial charge in [-0.1, -0.05) is 18.2 Å². The quantitative estimate of drug-likeness (QED) is 0.519. The molecule has 0 aliphatic carbocycles. The number of fused-ring (bicyclic) bond motifs is 1. The second-order valence-corrected chi connectivity index (χ2v) is 4.19. The van der Waals surface area contributed by atoms with Crippen molar-refractivity contribution in [3.8, 4) is 5.75 Å². The molecule has 3 aromatic rings. The topological polar surface area (TPSA) is 52.3 Å². The predicted octanol–water partition coefficient (Wildman–Crippen LogP) is 3.36. The van der Waals surface area contributed by atoms with Crippen molar-refractivity contribution in [2.45, 2.75) is 6.92 Å². The van der Waals surface area contributed by atoms with Crippen LogP contribution in [0.15, 0.2) is 53.3 Å². The van der Waals surface area contributed by atoms with Gasteiger partial charge < -0.3 is 9.15 Å². The van der Waals surface area contributed by atoms with Crippen molar-refractivity contribution in [1.29, 1.82) is 0 Å². The van der Waals surface area contributed by atoms with Crippen LogP contribution in [0.5, 0.6) is 5.75 Å². The fraction of sp³-hybridized carbons (Fsp3) is 0.0667. The van der Waals surface area contributed by atoms with Gasteiger partial charge in [0.1, 0.15) is 11.3 Å². The summed E-state index contributed by atoms with van der Waals surface area (Å²) < 4.78 is 10.5. The molecule has 2 aromatic carbocycles. The number of carbonyl (C=O) groups excluding carboxylic acids is 1. The van der Waals surface area contributed by atoms with Crippen LogP contribution in [0, 0.1) is 6.92 Å². The first kappa shape index (κ1) is 11.5. The molecule has 0 bridgehead atoms. The first-order valence-electron chi connectivity index (χ1n) is 5.85. The van der Waals surface area contributed by atoms with Crippen LogP contribution in [0.25, 0.3) is 11.1 Å². The van der Waals surface area contributed by atoms with Crippen LogP contribution in [0.4, 0.5) is 0 Å². The van der Waals surface area contributed by atoms with E-state index in [0.717, 1.165) is 5.56 Å². The first-order chi connectivity index (χ1) is 9.24. The maximum Gasteiger partial charge on any atom is 0.343 e. The lowest BCUT2D eigenvalue weighted by molar-refractivity contribution is 0.0734. The van der Waals surface area contributed by atoms with E-state index in [2.05, 4.69) is 4.98 Å². The van der Waals surface area contributed by atoms with E-state index < -0.39 is 0 Å². The Balaban J connectivity index is 1.88. The van der Waals surface area contributed by atoms with Gasteiger partial charge >= 0.3 is 5.97 Å². The van der Waals surface area contributed by atoms with Crippen LogP contribution < -0.4 is 4.74 Å². The molecular formula is C15H11NO3. The smallest absolute Gasteiger partial charge is 0.343 e. The molecule has 0 saturated carbocycles. The Morgan fingerprint density at radius 3 is 2.89 bits per heavy atom. The third kappa shape index (κ3) is 2.20. The largest absolute Gasteiger partial charge is 0.443 e. The van der Waals surface area contributed by atoms with Gasteiger partial charge in [0, 0.05) is 6.07 Å². The number of carbonyl (C=O) groups is 1. The molecule has 0 N–H and O–H groups in total. The van der Waals surface area contributed by atoms with E-state index in [1.54, 1.807) is 24.3 Å². The number of rotatable bonds is 2. The van der Waals surface area contributed by atoms with Crippen molar-refractivity contribution >= 4 is 17.1 Å². The Bertz CT molecular complexity index is 746. The number of hydrogen-bond donors (Lipinski definition) is 0. The van der Waals surface area contributed by atoms with Gasteiger partial charge in [0.15, 0.2) is 12.0 Å². The molecule has 19 heavy (non-hydrogen) atoms. The minimum Gasteiger partial charge on any atom is -0.443 e. The minimum atomic E-state index is -0.374. The number of hydrogen-bond acceptors (Lipinski definition) is 4. The summed E-state index contributed by atoms with van der Waals surface area (Å²) in [6.07, 6.45) is 1.36. The van der Waals surface area contributed by atoms with E-state index in [1.807, 2.05) is 25.1 Å². The van der Waals surface area contributed by atoms with E-state index in [9.17, 15) is 4.79 Å². The Kier molecular flexibility index (Phi) is 2.76. The van der Waals surface area contributed by atoms with Crippen molar-refractivity contribution in [3.63, 3.8) is 0 Å². The van der Waals surface area contributed by atoms with Crippen molar-refractivity contribution in [2.24, 2.45) is 0 Å². The first-order valence-corrected chi connectivity index (χ1v) is 5.85. The third-order valence-corrected chi connectivity index (χ3v) is 2.88. The van der Waals surface area contributed by atoms with Gasteiger partial charge in [-0.05, 0) is 30.7 Å². The van der Waals surface area contributed by atoms with Gasteiger partial charge in [0.2, 0.25) is 0 Å². The molecular weight excluding hydrogens is 242 g/mol. The van der Waals surface area contributed by atoms with Gasteiger partial charge in [-0.2, -0.15) is 0 Å². The van der Waals surface area contributed by atoms with E-state index >= 15 is 0 Å². The number of oxazole rings is 1. The molecule has 0 radical (unpaired) electrons. The highest BCUT2D eigenvalue weighted by atomic mass is 16.5. The van der Waals surface area contributed by atoms with Crippen molar-refractivity contribution in [1.82, 2.24) is 4.98 Å². The predicted molar refractivity (Wildman–Crippen MR) is 70.1 cm³/mol. The van der Waals surface area contributed by atoms with E-state index in [4.69, 9.17) is 9.15 Å². The van der Waals surface area contributed by atoms with Crippen LogP contribution in [-0.2, 0) is 0 Å². The molecule has 0 spiro atoms. The minimum absolute atomic E-state index is 0.374. The molecule has 1 aromatic heterocycles. The van der Waals surface area contributed by atoms with Crippen molar-refractivity contribution in [2.75, 3.05) is 0 Å². The van der Waals surface area contributed by atoms with Gasteiger partial charge in [0.25, 0.3) is 0 Å². The zero-order valence-corrected chi connectivity index (χ0v) is 10.3. The standard InChI is InChI=1S/C15H11NO3/c1-10-4-2-3-5-12(10)15(17)19-11-6-7-14-13(8-11)16-9-18-14/h2-9H,1H3. The Morgan fingerprint density at radius 1 is 1.21 bits per heavy atom. The number of esters is 1. The number of aromatic nitrogens is 1. The highest BCUT2D eigenvalue weighted by Gasteiger charge is 2.11. The van der Waals surface area contributed by atoms with Crippen LogP contribution in [0.2, 0.25) is 0 Å². The summed E-state index contributed by atoms with van der Waals surface area (Å²) in [5.74, 6) is 0.0793. The van der Waals surface area contributed by atoms with Gasteiger partial charge in [-0.15, -0.1) is 0 Å². The summed E-state index contributed by atoms with van der Waals surface area (Å²) in [4.78, 5) is 16.1. The number of benzene rings is 2. The third-order valence-electron chi connectivity index (χ3n) is 2.88. The molecule has 0 amide bonds. The maximum atomic E-state index is 12.0. The molecule has 0 atom stereocenters. The normalized spacial score (nSPS) is 10.6. The lowest BCUT2D eigenvalue weighted by Gasteiger charge is -2.06. The van der Waals surface area contributed by atoms with Crippen LogP contribution in [-0.4, -0.2) is 11.0 Å². The molecule has 4 nitrogen and oxygen atoms in total. The van der Waals surface area contributed by atoms with Crippen molar-refractivity contribution < 1.29 is 13.9 Å². The number of ether oxygens (including phenoxy) is 1. The SMILES string of the molecule is Cc1ccccc1C(=O)Oc1ccc2ocnc2c1. The Hall–Kier alpha value is -2.62. The average molecular weight is 253 g/mol. The van der Waals surface area contributed by atoms with Gasteiger partial charge in [0.05, 0.1) is 5.56 Å². The Morgan fingerprint density at radius 2 is 2.05 bits per heavy atom. The highest BCUT2D eigenvalue weighted by Crippen LogP contribution is 2.21. The zero-order chi connectivity index (χ0) is 13.2. The van der Waals surface area contributed by atoms with Crippen molar-refractivity contribution in [3.05, 3.63) is 60.0 Å². The molecule has 0 unspecified atom stereocenters. The summed E-state index contributed by atoms with van der Waals surface area (Å²) in [5.41, 5.74) is 2.77. The fourth-order valence-corrected chi connectivity index (χ4v) is 1.87. The molecule has 0 aliphatic rings. The molecule has 1 heterocycles. The summed E-state index contributed by atoms with van der Waals surface area (Å²) in [6, 6.07) is 12.4. The monoisotopic (exact) mass is 253 g/mol. The highest BCUT2D eigenvalue weighted by molar-refractivity contribution is 5.92. The second-order valence-electron chi connectivity index (χ2n) is 4.19. The molecule has 94 valence electrons. The van der Waals surface area contributed by atoms with E-state index in [-0.39, 0.29) is 5.97 Å². The van der Waals surface area contributed by atoms with E-state index in [1.165, 1.54) is 6.39 Å². The van der Waals surface area contributed by atoms with Crippen LogP contribution in [0.1, 0.15) is 15.9 Å². The summed E-state index contributed by atoms with van der Waals surface area (Å²) >= 11 is 0. The van der Waals surface area contributed by atoms with Crippen LogP contribution >= 0.6 is 0 Å². The van der Waals surface area contributed by atoms with Gasteiger partial charge in [-0.3, -0.25) is 0 Å². The fourth-order valence-electron chi connectivity index (χ4n) is 1.87. The van der Waals surface area contributed by atoms with Crippen LogP contribution in [0.3, 0.4) is 0 Å². The second kappa shape index (κ2) is 4.57. The lowest BCUT2D eigenvalue weighted by atomic mass is 10.1. The summed E-state index contributed by atoms with van der Waals surface area (Å²) in [7, 11) is 0. The Labute approximate surface area is 109 Å². The molecule has 0 saturated heterocycles. The summed E-state index contributed by atoms with van der Waals surface area (Å²) in [6.45, 7) is 1.87. The average Bonchev–Trinajstić information content (AvgIpc) is 2.86. The number of nitrogens with zero attached hydrogens (tertiary/aromatic N) is 1. The maximum absolute atomic E-state index is 12.0. The molecule has 0 fully saturated rings. The molecule has 3 rings (SSSR count). The van der Waals surface area contributed by atoms with E-state index in [0.29, 0.717) is 22.4 Å². The lowest BCUT2D eigenvalue weighted by Crippen LogP contribution is -2.09. The molecule has 4 heteroatoms.